The highest BCUT2D eigenvalue weighted by atomic mass is 35.5. The number of phenolic OH excluding ortho intramolecular Hbond substituents is 1. The Labute approximate surface area is 76.0 Å². The Hall–Kier alpha value is -0.905. The van der Waals surface area contributed by atoms with E-state index in [0.29, 0.717) is 6.07 Å². The Morgan fingerprint density at radius 3 is 2.15 bits per heavy atom. The summed E-state index contributed by atoms with van der Waals surface area (Å²) in [6.45, 7) is -5.29. The Morgan fingerprint density at radius 1 is 1.23 bits per heavy atom. The number of hydrogen-bond donors (Lipinski definition) is 1. The highest BCUT2D eigenvalue weighted by Gasteiger charge is 2.27. The molecule has 72 valence electrons. The molecular formula is C6H3BClF4O-. The van der Waals surface area contributed by atoms with Gasteiger partial charge in [-0.25, -0.2) is 4.39 Å². The summed E-state index contributed by atoms with van der Waals surface area (Å²) in [6.07, 6.45) is 0. The minimum atomic E-state index is -5.29. The van der Waals surface area contributed by atoms with Crippen molar-refractivity contribution in [2.75, 3.05) is 0 Å². The summed E-state index contributed by atoms with van der Waals surface area (Å²) < 4.78 is 48.7. The van der Waals surface area contributed by atoms with Gasteiger partial charge in [0.1, 0.15) is 0 Å². The van der Waals surface area contributed by atoms with Crippen LogP contribution in [-0.4, -0.2) is 12.1 Å². The standard InChI is InChI=1S/C6H3BClF4O/c8-4-1-3(7(10,11)12)2-5(9)6(4)13/h1-2,13H/q-1. The van der Waals surface area contributed by atoms with Crippen molar-refractivity contribution in [3.63, 3.8) is 0 Å². The van der Waals surface area contributed by atoms with Crippen LogP contribution in [0.4, 0.5) is 17.3 Å². The van der Waals surface area contributed by atoms with Gasteiger partial charge in [0, 0.05) is 0 Å². The van der Waals surface area contributed by atoms with Gasteiger partial charge in [0.2, 0.25) is 0 Å². The molecule has 0 aromatic heterocycles. The lowest BCUT2D eigenvalue weighted by Gasteiger charge is -2.15. The van der Waals surface area contributed by atoms with Gasteiger partial charge in [-0.3, -0.25) is 0 Å². The van der Waals surface area contributed by atoms with Crippen molar-refractivity contribution in [3.05, 3.63) is 23.0 Å². The van der Waals surface area contributed by atoms with Gasteiger partial charge in [-0.05, 0) is 6.07 Å². The van der Waals surface area contributed by atoms with E-state index in [1.165, 1.54) is 0 Å². The quantitative estimate of drug-likeness (QED) is 0.560. The largest absolute Gasteiger partial charge is 0.509 e. The maximum atomic E-state index is 12.5. The van der Waals surface area contributed by atoms with Crippen LogP contribution in [-0.2, 0) is 0 Å². The molecule has 0 aliphatic heterocycles. The second-order valence-electron chi connectivity index (χ2n) is 2.41. The third-order valence-electron chi connectivity index (χ3n) is 1.42. The van der Waals surface area contributed by atoms with Crippen LogP contribution >= 0.6 is 11.6 Å². The molecule has 0 saturated carbocycles. The summed E-state index contributed by atoms with van der Waals surface area (Å²) in [7, 11) is 0. The molecule has 0 aliphatic carbocycles. The molecule has 0 radical (unpaired) electrons. The minimum absolute atomic E-state index is 0.210. The molecule has 0 saturated heterocycles. The Kier molecular flexibility index (Phi) is 2.43. The smallest absolute Gasteiger partial charge is 0.504 e. The maximum Gasteiger partial charge on any atom is 0.509 e. The van der Waals surface area contributed by atoms with Crippen molar-refractivity contribution in [3.8, 4) is 5.75 Å². The lowest BCUT2D eigenvalue weighted by atomic mass is 9.80. The molecule has 0 fully saturated rings. The molecule has 0 spiro atoms. The average molecular weight is 213 g/mol. The molecule has 1 aromatic rings. The molecule has 13 heavy (non-hydrogen) atoms. The van der Waals surface area contributed by atoms with Gasteiger partial charge < -0.3 is 18.1 Å². The van der Waals surface area contributed by atoms with Gasteiger partial charge in [0.05, 0.1) is 5.02 Å². The van der Waals surface area contributed by atoms with E-state index in [9.17, 15) is 17.3 Å². The SMILES string of the molecule is Oc1c(F)cc([B-](F)(F)F)cc1Cl. The first kappa shape index (κ1) is 10.2. The van der Waals surface area contributed by atoms with E-state index in [1.54, 1.807) is 0 Å². The lowest BCUT2D eigenvalue weighted by molar-refractivity contribution is 0.432. The first-order chi connectivity index (χ1) is 5.82. The second kappa shape index (κ2) is 3.10. The summed E-state index contributed by atoms with van der Waals surface area (Å²) >= 11 is 5.15. The van der Waals surface area contributed by atoms with Crippen LogP contribution in [0.2, 0.25) is 5.02 Å². The molecule has 0 amide bonds. The van der Waals surface area contributed by atoms with Gasteiger partial charge in [0.25, 0.3) is 0 Å². The monoisotopic (exact) mass is 213 g/mol. The number of hydrogen-bond acceptors (Lipinski definition) is 1. The van der Waals surface area contributed by atoms with E-state index in [2.05, 4.69) is 0 Å². The molecule has 1 nitrogen and oxygen atoms in total. The number of halogens is 5. The summed E-state index contributed by atoms with van der Waals surface area (Å²) in [6, 6.07) is 0.696. The Morgan fingerprint density at radius 2 is 1.77 bits per heavy atom. The lowest BCUT2D eigenvalue weighted by Crippen LogP contribution is -2.34. The predicted molar refractivity (Wildman–Crippen MR) is 41.8 cm³/mol. The molecule has 7 heteroatoms. The first-order valence-corrected chi connectivity index (χ1v) is 3.58. The van der Waals surface area contributed by atoms with E-state index >= 15 is 0 Å². The van der Waals surface area contributed by atoms with Crippen LogP contribution in [0.25, 0.3) is 0 Å². The maximum absolute atomic E-state index is 12.5. The predicted octanol–water partition coefficient (Wildman–Crippen LogP) is 2.24. The highest BCUT2D eigenvalue weighted by molar-refractivity contribution is 6.73. The summed E-state index contributed by atoms with van der Waals surface area (Å²) in [5.74, 6) is -2.34. The van der Waals surface area contributed by atoms with Gasteiger partial charge in [-0.1, -0.05) is 17.7 Å². The third kappa shape index (κ3) is 2.06. The number of benzene rings is 1. The molecular weight excluding hydrogens is 210 g/mol. The fourth-order valence-electron chi connectivity index (χ4n) is 0.774. The zero-order valence-electron chi connectivity index (χ0n) is 6.07. The number of phenols is 1. The minimum Gasteiger partial charge on any atom is -0.504 e. The van der Waals surface area contributed by atoms with Gasteiger partial charge >= 0.3 is 6.98 Å². The average Bonchev–Trinajstić information content (AvgIpc) is 1.97. The van der Waals surface area contributed by atoms with E-state index in [4.69, 9.17) is 16.7 Å². The van der Waals surface area contributed by atoms with Crippen LogP contribution in [0.1, 0.15) is 0 Å². The fourth-order valence-corrected chi connectivity index (χ4v) is 0.990. The number of aromatic hydroxyl groups is 1. The van der Waals surface area contributed by atoms with Crippen LogP contribution in [0.5, 0.6) is 5.75 Å². The molecule has 0 aliphatic rings. The van der Waals surface area contributed by atoms with E-state index < -0.39 is 29.0 Å². The first-order valence-electron chi connectivity index (χ1n) is 3.20. The van der Waals surface area contributed by atoms with Crippen molar-refractivity contribution >= 4 is 24.0 Å². The van der Waals surface area contributed by atoms with Crippen LogP contribution in [0.15, 0.2) is 12.1 Å². The van der Waals surface area contributed by atoms with Crippen molar-refractivity contribution in [1.82, 2.24) is 0 Å². The molecule has 0 heterocycles. The van der Waals surface area contributed by atoms with Crippen molar-refractivity contribution in [2.24, 2.45) is 0 Å². The van der Waals surface area contributed by atoms with Crippen LogP contribution in [0, 0.1) is 5.82 Å². The zero-order chi connectivity index (χ0) is 10.2. The zero-order valence-corrected chi connectivity index (χ0v) is 6.83. The van der Waals surface area contributed by atoms with Crippen LogP contribution < -0.4 is 5.46 Å². The van der Waals surface area contributed by atoms with Gasteiger partial charge in [-0.2, -0.15) is 0 Å². The Bertz CT molecular complexity index is 315. The molecule has 0 unspecified atom stereocenters. The highest BCUT2D eigenvalue weighted by Crippen LogP contribution is 2.26. The fraction of sp³-hybridized carbons (Fsp3) is 0. The van der Waals surface area contributed by atoms with E-state index in [0.717, 1.165) is 0 Å². The normalized spacial score (nSPS) is 11.8. The summed E-state index contributed by atoms with van der Waals surface area (Å²) in [5, 5.41) is 8.08. The molecule has 1 rings (SSSR count). The van der Waals surface area contributed by atoms with Crippen molar-refractivity contribution < 1.29 is 22.4 Å². The molecule has 1 N–H and O–H groups in total. The van der Waals surface area contributed by atoms with E-state index in [-0.39, 0.29) is 6.07 Å². The Balaban J connectivity index is 3.29. The molecule has 1 aromatic carbocycles. The molecule has 0 bridgehead atoms. The second-order valence-corrected chi connectivity index (χ2v) is 2.82. The van der Waals surface area contributed by atoms with Crippen LogP contribution in [0.3, 0.4) is 0 Å². The van der Waals surface area contributed by atoms with Gasteiger partial charge in [0.15, 0.2) is 11.6 Å². The number of rotatable bonds is 1. The van der Waals surface area contributed by atoms with E-state index in [1.807, 2.05) is 0 Å². The summed E-state index contributed by atoms with van der Waals surface area (Å²) in [5.41, 5.74) is -1.17. The van der Waals surface area contributed by atoms with Gasteiger partial charge in [-0.15, -0.1) is 5.46 Å². The van der Waals surface area contributed by atoms with Crippen molar-refractivity contribution in [2.45, 2.75) is 0 Å². The topological polar surface area (TPSA) is 20.2 Å². The third-order valence-corrected chi connectivity index (χ3v) is 1.71. The summed E-state index contributed by atoms with van der Waals surface area (Å²) in [4.78, 5) is 0. The molecule has 0 atom stereocenters. The van der Waals surface area contributed by atoms with Crippen molar-refractivity contribution in [1.29, 1.82) is 0 Å².